The van der Waals surface area contributed by atoms with Gasteiger partial charge >= 0.3 is 0 Å². The summed E-state index contributed by atoms with van der Waals surface area (Å²) in [5, 5.41) is 35.8. The molecule has 3 N–H and O–H groups in total. The molecule has 0 radical (unpaired) electrons. The van der Waals surface area contributed by atoms with Crippen molar-refractivity contribution in [3.63, 3.8) is 0 Å². The van der Waals surface area contributed by atoms with Crippen molar-refractivity contribution in [2.75, 3.05) is 35.4 Å². The number of aromatic nitrogens is 4. The van der Waals surface area contributed by atoms with E-state index in [0.717, 1.165) is 60.0 Å². The molecule has 33 heavy (non-hydrogen) atoms. The van der Waals surface area contributed by atoms with Crippen molar-refractivity contribution in [3.8, 4) is 0 Å². The number of anilines is 2. The second-order valence-corrected chi connectivity index (χ2v) is 11.9. The van der Waals surface area contributed by atoms with Gasteiger partial charge in [0.2, 0.25) is 10.3 Å². The third-order valence-electron chi connectivity index (χ3n) is 5.86. The van der Waals surface area contributed by atoms with E-state index >= 15 is 0 Å². The molecule has 2 aliphatic rings. The Morgan fingerprint density at radius 3 is 2.30 bits per heavy atom. The van der Waals surface area contributed by atoms with E-state index in [0.29, 0.717) is 23.5 Å². The topological polar surface area (TPSA) is 131 Å². The molecule has 13 heteroatoms. The summed E-state index contributed by atoms with van der Waals surface area (Å²) in [5.74, 6) is 1.66. The molecule has 0 spiro atoms. The van der Waals surface area contributed by atoms with Crippen LogP contribution in [0.3, 0.4) is 0 Å². The molecular formula is C20H30N6O4S3. The molecule has 0 bridgehead atoms. The number of aliphatic hydroxyl groups is 1. The van der Waals surface area contributed by atoms with Gasteiger partial charge in [-0.25, -0.2) is 0 Å². The standard InChI is InChI=1S/C20H30N6O4S3/c1-19(7-3-9-29-19)15(27)21-17-25-23-13(32-17)5-11-31-12-6-14-24-26-18(33-14)22-16(28)20(2)8-4-10-30-20/h15,27H,3-12H2,1-2H3,(H,21,25)(H,22,26,28). The van der Waals surface area contributed by atoms with Crippen LogP contribution in [-0.2, 0) is 27.1 Å². The normalized spacial score (nSPS) is 25.9. The van der Waals surface area contributed by atoms with Gasteiger partial charge in [0.25, 0.3) is 5.91 Å². The molecule has 10 nitrogen and oxygen atoms in total. The van der Waals surface area contributed by atoms with Gasteiger partial charge in [-0.3, -0.25) is 10.1 Å². The molecule has 2 aliphatic heterocycles. The number of hydrogen-bond acceptors (Lipinski definition) is 12. The van der Waals surface area contributed by atoms with Crippen molar-refractivity contribution >= 4 is 50.6 Å². The van der Waals surface area contributed by atoms with Crippen LogP contribution in [0.5, 0.6) is 0 Å². The molecule has 2 aromatic rings. The minimum Gasteiger partial charge on any atom is -0.371 e. The highest BCUT2D eigenvalue weighted by Gasteiger charge is 2.39. The lowest BCUT2D eigenvalue weighted by Crippen LogP contribution is -2.43. The van der Waals surface area contributed by atoms with E-state index < -0.39 is 17.4 Å². The lowest BCUT2D eigenvalue weighted by Gasteiger charge is -2.29. The molecule has 0 aliphatic carbocycles. The smallest absolute Gasteiger partial charge is 0.258 e. The zero-order chi connectivity index (χ0) is 23.3. The fourth-order valence-corrected chi connectivity index (χ4v) is 6.35. The van der Waals surface area contributed by atoms with Crippen molar-refractivity contribution in [2.45, 2.75) is 69.8 Å². The molecule has 2 saturated heterocycles. The quantitative estimate of drug-likeness (QED) is 0.304. The van der Waals surface area contributed by atoms with Crippen LogP contribution in [0.1, 0.15) is 49.5 Å². The van der Waals surface area contributed by atoms with E-state index in [1.165, 1.54) is 22.7 Å². The first-order valence-corrected chi connectivity index (χ1v) is 13.9. The molecular weight excluding hydrogens is 484 g/mol. The van der Waals surface area contributed by atoms with Gasteiger partial charge in [0.15, 0.2) is 6.23 Å². The first kappa shape index (κ1) is 24.7. The summed E-state index contributed by atoms with van der Waals surface area (Å²) in [4.78, 5) is 12.4. The number of aryl methyl sites for hydroxylation is 2. The number of ether oxygens (including phenoxy) is 2. The predicted octanol–water partition coefficient (Wildman–Crippen LogP) is 2.71. The van der Waals surface area contributed by atoms with Gasteiger partial charge in [-0.2, -0.15) is 11.8 Å². The number of rotatable bonds is 11. The third-order valence-corrected chi connectivity index (χ3v) is 8.66. The summed E-state index contributed by atoms with van der Waals surface area (Å²) in [6, 6.07) is 0. The maximum absolute atomic E-state index is 12.4. The van der Waals surface area contributed by atoms with Gasteiger partial charge in [-0.15, -0.1) is 20.4 Å². The minimum atomic E-state index is -0.801. The monoisotopic (exact) mass is 514 g/mol. The van der Waals surface area contributed by atoms with Crippen LogP contribution in [-0.4, -0.2) is 73.6 Å². The van der Waals surface area contributed by atoms with Crippen LogP contribution >= 0.6 is 34.4 Å². The minimum absolute atomic E-state index is 0.152. The third kappa shape index (κ3) is 6.40. The number of nitrogens with zero attached hydrogens (tertiary/aromatic N) is 4. The lowest BCUT2D eigenvalue weighted by atomic mass is 10.0. The van der Waals surface area contributed by atoms with Gasteiger partial charge in [-0.05, 0) is 51.0 Å². The molecule has 0 aromatic carbocycles. The maximum atomic E-state index is 12.4. The highest BCUT2D eigenvalue weighted by atomic mass is 32.2. The highest BCUT2D eigenvalue weighted by molar-refractivity contribution is 7.99. The Morgan fingerprint density at radius 1 is 1.03 bits per heavy atom. The number of hydrogen-bond donors (Lipinski definition) is 3. The first-order valence-electron chi connectivity index (χ1n) is 11.1. The molecule has 3 atom stereocenters. The molecule has 3 unspecified atom stereocenters. The Morgan fingerprint density at radius 2 is 1.67 bits per heavy atom. The Kier molecular flexibility index (Phi) is 8.18. The second kappa shape index (κ2) is 10.9. The van der Waals surface area contributed by atoms with Gasteiger partial charge in [0.05, 0.1) is 0 Å². The predicted molar refractivity (Wildman–Crippen MR) is 130 cm³/mol. The summed E-state index contributed by atoms with van der Waals surface area (Å²) in [6.45, 7) is 5.02. The summed E-state index contributed by atoms with van der Waals surface area (Å²) in [6.07, 6.45) is 4.19. The number of thioether (sulfide) groups is 1. The lowest BCUT2D eigenvalue weighted by molar-refractivity contribution is -0.133. The average molecular weight is 515 g/mol. The van der Waals surface area contributed by atoms with E-state index in [2.05, 4.69) is 31.0 Å². The number of carbonyl (C=O) groups excluding carboxylic acids is 1. The molecule has 2 aromatic heterocycles. The van der Waals surface area contributed by atoms with Crippen LogP contribution in [0.2, 0.25) is 0 Å². The van der Waals surface area contributed by atoms with Gasteiger partial charge < -0.3 is 19.9 Å². The highest BCUT2D eigenvalue weighted by Crippen LogP contribution is 2.30. The Hall–Kier alpha value is -1.38. The van der Waals surface area contributed by atoms with Crippen LogP contribution in [0.15, 0.2) is 0 Å². The Balaban J connectivity index is 1.13. The summed E-state index contributed by atoms with van der Waals surface area (Å²) >= 11 is 4.68. The molecule has 4 heterocycles. The fourth-order valence-electron chi connectivity index (χ4n) is 3.71. The largest absolute Gasteiger partial charge is 0.371 e. The summed E-state index contributed by atoms with van der Waals surface area (Å²) < 4.78 is 11.2. The van der Waals surface area contributed by atoms with Crippen molar-refractivity contribution in [1.82, 2.24) is 20.4 Å². The number of nitrogens with one attached hydrogen (secondary N) is 2. The molecule has 182 valence electrons. The molecule has 0 saturated carbocycles. The van der Waals surface area contributed by atoms with E-state index in [1.807, 2.05) is 25.6 Å². The van der Waals surface area contributed by atoms with E-state index in [9.17, 15) is 9.90 Å². The van der Waals surface area contributed by atoms with E-state index in [1.54, 1.807) is 0 Å². The first-order chi connectivity index (χ1) is 15.9. The van der Waals surface area contributed by atoms with E-state index in [-0.39, 0.29) is 5.91 Å². The van der Waals surface area contributed by atoms with Crippen molar-refractivity contribution in [1.29, 1.82) is 0 Å². The van der Waals surface area contributed by atoms with Crippen LogP contribution in [0.4, 0.5) is 10.3 Å². The zero-order valence-electron chi connectivity index (χ0n) is 18.8. The maximum Gasteiger partial charge on any atom is 0.258 e. The number of aliphatic hydroxyl groups excluding tert-OH is 1. The van der Waals surface area contributed by atoms with Crippen LogP contribution in [0.25, 0.3) is 0 Å². The van der Waals surface area contributed by atoms with Crippen LogP contribution in [0, 0.1) is 0 Å². The molecule has 4 rings (SSSR count). The SMILES string of the molecule is CC1(C(=O)Nc2nnc(CCSCCc3nnc(NC(O)C4(C)CCCO4)s3)s2)CCCO1. The zero-order valence-corrected chi connectivity index (χ0v) is 21.3. The average Bonchev–Trinajstić information content (AvgIpc) is 3.58. The fraction of sp³-hybridized carbons (Fsp3) is 0.750. The summed E-state index contributed by atoms with van der Waals surface area (Å²) in [5.41, 5.74) is -1.33. The Labute approximate surface area is 205 Å². The van der Waals surface area contributed by atoms with Crippen molar-refractivity contribution < 1.29 is 19.4 Å². The summed E-state index contributed by atoms with van der Waals surface area (Å²) in [7, 11) is 0. The van der Waals surface area contributed by atoms with Crippen molar-refractivity contribution in [3.05, 3.63) is 10.0 Å². The van der Waals surface area contributed by atoms with Crippen molar-refractivity contribution in [2.24, 2.45) is 0 Å². The van der Waals surface area contributed by atoms with Gasteiger partial charge in [0.1, 0.15) is 21.2 Å². The van der Waals surface area contributed by atoms with Gasteiger partial charge in [-0.1, -0.05) is 22.7 Å². The van der Waals surface area contributed by atoms with E-state index in [4.69, 9.17) is 9.47 Å². The van der Waals surface area contributed by atoms with Gasteiger partial charge in [0, 0.05) is 26.1 Å². The second-order valence-electron chi connectivity index (χ2n) is 8.56. The Bertz CT molecular complexity index is 927. The number of carbonyl (C=O) groups is 1. The molecule has 2 fully saturated rings. The van der Waals surface area contributed by atoms with Crippen LogP contribution < -0.4 is 10.6 Å². The number of amides is 1. The molecule has 1 amide bonds.